The zero-order valence-electron chi connectivity index (χ0n) is 17.0. The first-order chi connectivity index (χ1) is 14.5. The second kappa shape index (κ2) is 9.60. The van der Waals surface area contributed by atoms with E-state index in [1.165, 1.54) is 20.3 Å². The fourth-order valence-corrected chi connectivity index (χ4v) is 2.86. The van der Waals surface area contributed by atoms with E-state index >= 15 is 0 Å². The Hall–Kier alpha value is -3.81. The van der Waals surface area contributed by atoms with E-state index in [9.17, 15) is 9.59 Å². The molecular formula is C22H23N3O5. The molecule has 0 unspecified atom stereocenters. The Morgan fingerprint density at radius 3 is 2.40 bits per heavy atom. The third kappa shape index (κ3) is 4.96. The summed E-state index contributed by atoms with van der Waals surface area (Å²) in [6.07, 6.45) is 0. The maximum atomic E-state index is 12.5. The van der Waals surface area contributed by atoms with Gasteiger partial charge in [0.05, 0.1) is 26.5 Å². The van der Waals surface area contributed by atoms with Crippen LogP contribution in [0, 0.1) is 0 Å². The van der Waals surface area contributed by atoms with Crippen molar-refractivity contribution in [3.05, 3.63) is 65.0 Å². The van der Waals surface area contributed by atoms with Gasteiger partial charge in [0.15, 0.2) is 11.5 Å². The predicted octanol–water partition coefficient (Wildman–Crippen LogP) is 2.96. The molecule has 0 saturated heterocycles. The van der Waals surface area contributed by atoms with Crippen LogP contribution >= 0.6 is 0 Å². The molecule has 156 valence electrons. The van der Waals surface area contributed by atoms with Crippen molar-refractivity contribution in [2.45, 2.75) is 13.5 Å². The normalized spacial score (nSPS) is 10.4. The number of amides is 1. The van der Waals surface area contributed by atoms with Gasteiger partial charge in [0, 0.05) is 23.4 Å². The first kappa shape index (κ1) is 20.9. The fraction of sp³-hybridized carbons (Fsp3) is 0.227. The molecule has 1 heterocycles. The summed E-state index contributed by atoms with van der Waals surface area (Å²) in [5.41, 5.74) is 1.55. The molecule has 2 aromatic carbocycles. The van der Waals surface area contributed by atoms with Crippen LogP contribution in [-0.2, 0) is 11.3 Å². The lowest BCUT2D eigenvalue weighted by Crippen LogP contribution is -2.29. The van der Waals surface area contributed by atoms with Crippen LogP contribution in [0.1, 0.15) is 6.92 Å². The van der Waals surface area contributed by atoms with Crippen molar-refractivity contribution in [3.8, 4) is 28.5 Å². The van der Waals surface area contributed by atoms with Crippen molar-refractivity contribution < 1.29 is 19.0 Å². The molecule has 0 spiro atoms. The fourth-order valence-electron chi connectivity index (χ4n) is 2.86. The molecule has 30 heavy (non-hydrogen) atoms. The van der Waals surface area contributed by atoms with Gasteiger partial charge in [0.2, 0.25) is 5.91 Å². The Morgan fingerprint density at radius 2 is 1.73 bits per heavy atom. The highest BCUT2D eigenvalue weighted by atomic mass is 16.5. The summed E-state index contributed by atoms with van der Waals surface area (Å²) in [5, 5.41) is 7.05. The van der Waals surface area contributed by atoms with E-state index in [4.69, 9.17) is 14.2 Å². The van der Waals surface area contributed by atoms with Crippen LogP contribution in [0.3, 0.4) is 0 Å². The number of nitrogens with zero attached hydrogens (tertiary/aromatic N) is 2. The first-order valence-electron chi connectivity index (χ1n) is 9.37. The number of anilines is 1. The zero-order valence-corrected chi connectivity index (χ0v) is 17.0. The summed E-state index contributed by atoms with van der Waals surface area (Å²) >= 11 is 0. The highest BCUT2D eigenvalue weighted by Crippen LogP contribution is 2.29. The third-order valence-corrected chi connectivity index (χ3v) is 4.29. The summed E-state index contributed by atoms with van der Waals surface area (Å²) in [6.45, 7) is 2.27. The Morgan fingerprint density at radius 1 is 1.00 bits per heavy atom. The van der Waals surface area contributed by atoms with Gasteiger partial charge in [-0.15, -0.1) is 0 Å². The minimum absolute atomic E-state index is 0.224. The first-order valence-corrected chi connectivity index (χ1v) is 9.37. The summed E-state index contributed by atoms with van der Waals surface area (Å²) in [4.78, 5) is 24.6. The van der Waals surface area contributed by atoms with Crippen LogP contribution in [-0.4, -0.2) is 36.5 Å². The molecule has 0 radical (unpaired) electrons. The largest absolute Gasteiger partial charge is 0.494 e. The van der Waals surface area contributed by atoms with Crippen molar-refractivity contribution in [1.82, 2.24) is 9.78 Å². The van der Waals surface area contributed by atoms with Gasteiger partial charge in [-0.3, -0.25) is 9.59 Å². The average molecular weight is 409 g/mol. The lowest BCUT2D eigenvalue weighted by molar-refractivity contribution is -0.117. The monoisotopic (exact) mass is 409 g/mol. The number of aromatic nitrogens is 2. The molecule has 1 N–H and O–H groups in total. The van der Waals surface area contributed by atoms with Gasteiger partial charge in [0.1, 0.15) is 12.3 Å². The van der Waals surface area contributed by atoms with Gasteiger partial charge >= 0.3 is 0 Å². The Kier molecular flexibility index (Phi) is 6.69. The second-order valence-corrected chi connectivity index (χ2v) is 6.29. The van der Waals surface area contributed by atoms with Crippen molar-refractivity contribution in [2.24, 2.45) is 0 Å². The Bertz CT molecular complexity index is 1080. The van der Waals surface area contributed by atoms with Crippen LogP contribution < -0.4 is 25.1 Å². The molecule has 0 aliphatic carbocycles. The van der Waals surface area contributed by atoms with E-state index in [-0.39, 0.29) is 18.0 Å². The van der Waals surface area contributed by atoms with Crippen LogP contribution in [0.5, 0.6) is 17.2 Å². The Labute approximate surface area is 174 Å². The number of hydrogen-bond donors (Lipinski definition) is 1. The minimum Gasteiger partial charge on any atom is -0.494 e. The lowest BCUT2D eigenvalue weighted by atomic mass is 10.1. The second-order valence-electron chi connectivity index (χ2n) is 6.29. The molecule has 0 atom stereocenters. The van der Waals surface area contributed by atoms with E-state index in [1.807, 2.05) is 31.2 Å². The van der Waals surface area contributed by atoms with Crippen LogP contribution in [0.25, 0.3) is 11.3 Å². The molecule has 1 amide bonds. The van der Waals surface area contributed by atoms with Gasteiger partial charge in [0.25, 0.3) is 5.56 Å². The summed E-state index contributed by atoms with van der Waals surface area (Å²) in [6, 6.07) is 15.4. The van der Waals surface area contributed by atoms with Crippen molar-refractivity contribution in [2.75, 3.05) is 26.1 Å². The topological polar surface area (TPSA) is 91.7 Å². The highest BCUT2D eigenvalue weighted by Gasteiger charge is 2.11. The molecule has 8 nitrogen and oxygen atoms in total. The van der Waals surface area contributed by atoms with Crippen molar-refractivity contribution in [1.29, 1.82) is 0 Å². The number of ether oxygens (including phenoxy) is 3. The van der Waals surface area contributed by atoms with Gasteiger partial charge in [-0.05, 0) is 49.4 Å². The SMILES string of the molecule is CCOc1ccc(-c2ccc(=O)n(CC(=O)Nc3ccc(OC)c(OC)c3)n2)cc1. The molecule has 1 aromatic heterocycles. The van der Waals surface area contributed by atoms with Gasteiger partial charge in [-0.2, -0.15) is 5.10 Å². The van der Waals surface area contributed by atoms with Gasteiger partial charge in [-0.1, -0.05) is 0 Å². The van der Waals surface area contributed by atoms with Crippen LogP contribution in [0.2, 0.25) is 0 Å². The number of carbonyl (C=O) groups is 1. The molecule has 0 fully saturated rings. The minimum atomic E-state index is -0.388. The number of hydrogen-bond acceptors (Lipinski definition) is 6. The van der Waals surface area contributed by atoms with E-state index in [0.29, 0.717) is 29.5 Å². The summed E-state index contributed by atoms with van der Waals surface area (Å²) < 4.78 is 17.0. The highest BCUT2D eigenvalue weighted by molar-refractivity contribution is 5.90. The van der Waals surface area contributed by atoms with E-state index in [1.54, 1.807) is 24.3 Å². The molecule has 3 aromatic rings. The number of benzene rings is 2. The average Bonchev–Trinajstić information content (AvgIpc) is 2.76. The van der Waals surface area contributed by atoms with E-state index in [0.717, 1.165) is 16.0 Å². The van der Waals surface area contributed by atoms with E-state index in [2.05, 4.69) is 10.4 Å². The van der Waals surface area contributed by atoms with E-state index < -0.39 is 0 Å². The van der Waals surface area contributed by atoms with Crippen LogP contribution in [0.15, 0.2) is 59.4 Å². The molecule has 3 rings (SSSR count). The predicted molar refractivity (Wildman–Crippen MR) is 113 cm³/mol. The summed E-state index contributed by atoms with van der Waals surface area (Å²) in [7, 11) is 3.05. The van der Waals surface area contributed by atoms with Crippen molar-refractivity contribution >= 4 is 11.6 Å². The maximum Gasteiger partial charge on any atom is 0.267 e. The molecule has 0 saturated carbocycles. The molecular weight excluding hydrogens is 386 g/mol. The lowest BCUT2D eigenvalue weighted by Gasteiger charge is -2.11. The van der Waals surface area contributed by atoms with Gasteiger partial charge < -0.3 is 19.5 Å². The number of carbonyl (C=O) groups excluding carboxylic acids is 1. The summed E-state index contributed by atoms with van der Waals surface area (Å²) in [5.74, 6) is 1.41. The Balaban J connectivity index is 1.75. The zero-order chi connectivity index (χ0) is 21.5. The number of nitrogens with one attached hydrogen (secondary N) is 1. The molecule has 0 aliphatic rings. The van der Waals surface area contributed by atoms with Crippen molar-refractivity contribution in [3.63, 3.8) is 0 Å². The maximum absolute atomic E-state index is 12.5. The molecule has 0 bridgehead atoms. The number of rotatable bonds is 8. The standard InChI is InChI=1S/C22H23N3O5/c1-4-30-17-8-5-15(6-9-17)18-10-12-22(27)25(24-18)14-21(26)23-16-7-11-19(28-2)20(13-16)29-3/h5-13H,4,14H2,1-3H3,(H,23,26). The number of methoxy groups -OCH3 is 2. The molecule has 0 aliphatic heterocycles. The van der Waals surface area contributed by atoms with Gasteiger partial charge in [-0.25, -0.2) is 4.68 Å². The third-order valence-electron chi connectivity index (χ3n) is 4.29. The quantitative estimate of drug-likeness (QED) is 0.615. The van der Waals surface area contributed by atoms with Crippen LogP contribution in [0.4, 0.5) is 5.69 Å². The smallest absolute Gasteiger partial charge is 0.267 e. The molecule has 8 heteroatoms.